The summed E-state index contributed by atoms with van der Waals surface area (Å²) in [6.45, 7) is 5.06. The number of benzene rings is 1. The molecule has 3 N–H and O–H groups in total. The second-order valence-electron chi connectivity index (χ2n) is 3.95. The third kappa shape index (κ3) is 4.96. The van der Waals surface area contributed by atoms with Gasteiger partial charge in [-0.15, -0.1) is 0 Å². The third-order valence-corrected chi connectivity index (χ3v) is 2.78. The minimum atomic E-state index is 0.626. The van der Waals surface area contributed by atoms with E-state index in [1.54, 1.807) is 0 Å². The van der Waals surface area contributed by atoms with E-state index in [4.69, 9.17) is 5.73 Å². The topological polar surface area (TPSA) is 38.0 Å². The van der Waals surface area contributed by atoms with Crippen LogP contribution in [0, 0.1) is 5.92 Å². The fourth-order valence-electron chi connectivity index (χ4n) is 1.58. The fourth-order valence-corrected chi connectivity index (χ4v) is 1.58. The van der Waals surface area contributed by atoms with Gasteiger partial charge >= 0.3 is 0 Å². The van der Waals surface area contributed by atoms with Gasteiger partial charge in [-0.3, -0.25) is 0 Å². The van der Waals surface area contributed by atoms with E-state index in [1.807, 2.05) is 0 Å². The van der Waals surface area contributed by atoms with E-state index in [2.05, 4.69) is 42.6 Å². The highest BCUT2D eigenvalue weighted by Gasteiger charge is 2.01. The molecule has 1 unspecified atom stereocenters. The van der Waals surface area contributed by atoms with Gasteiger partial charge in [0, 0.05) is 0 Å². The van der Waals surface area contributed by atoms with E-state index in [-0.39, 0.29) is 0 Å². The second kappa shape index (κ2) is 7.43. The summed E-state index contributed by atoms with van der Waals surface area (Å²) in [5.41, 5.74) is 7.03. The van der Waals surface area contributed by atoms with E-state index in [0.717, 1.165) is 32.5 Å². The molecule has 0 saturated carbocycles. The summed E-state index contributed by atoms with van der Waals surface area (Å²) in [5.74, 6) is 0.626. The highest BCUT2D eigenvalue weighted by atomic mass is 14.9. The van der Waals surface area contributed by atoms with Crippen LogP contribution >= 0.6 is 0 Å². The van der Waals surface area contributed by atoms with Gasteiger partial charge in [0.05, 0.1) is 0 Å². The Balaban J connectivity index is 2.12. The Morgan fingerprint density at radius 3 is 2.60 bits per heavy atom. The van der Waals surface area contributed by atoms with Crippen LogP contribution in [-0.2, 0) is 6.42 Å². The minimum Gasteiger partial charge on any atom is -0.330 e. The zero-order valence-electron chi connectivity index (χ0n) is 9.58. The highest BCUT2D eigenvalue weighted by Crippen LogP contribution is 1.99. The van der Waals surface area contributed by atoms with Crippen molar-refractivity contribution >= 4 is 0 Å². The van der Waals surface area contributed by atoms with E-state index in [9.17, 15) is 0 Å². The molecule has 2 nitrogen and oxygen atoms in total. The summed E-state index contributed by atoms with van der Waals surface area (Å²) < 4.78 is 0. The SMILES string of the molecule is CCC(CN)CNCCc1ccccc1. The number of hydrogen-bond acceptors (Lipinski definition) is 2. The van der Waals surface area contributed by atoms with Crippen LogP contribution in [0.3, 0.4) is 0 Å². The number of rotatable bonds is 7. The van der Waals surface area contributed by atoms with Gasteiger partial charge in [-0.2, -0.15) is 0 Å². The van der Waals surface area contributed by atoms with Gasteiger partial charge in [0.25, 0.3) is 0 Å². The molecule has 1 atom stereocenters. The average Bonchev–Trinajstić information content (AvgIpc) is 2.31. The summed E-state index contributed by atoms with van der Waals surface area (Å²) >= 11 is 0. The van der Waals surface area contributed by atoms with Gasteiger partial charge in [0.15, 0.2) is 0 Å². The molecule has 15 heavy (non-hydrogen) atoms. The number of nitrogens with two attached hydrogens (primary N) is 1. The lowest BCUT2D eigenvalue weighted by atomic mass is 10.1. The van der Waals surface area contributed by atoms with Crippen molar-refractivity contribution in [2.45, 2.75) is 19.8 Å². The van der Waals surface area contributed by atoms with Crippen LogP contribution in [-0.4, -0.2) is 19.6 Å². The molecule has 1 aromatic rings. The van der Waals surface area contributed by atoms with E-state index < -0.39 is 0 Å². The Hall–Kier alpha value is -0.860. The van der Waals surface area contributed by atoms with Gasteiger partial charge in [0.1, 0.15) is 0 Å². The van der Waals surface area contributed by atoms with E-state index in [0.29, 0.717) is 5.92 Å². The molecular weight excluding hydrogens is 184 g/mol. The molecule has 0 saturated heterocycles. The first-order valence-electron chi connectivity index (χ1n) is 5.81. The molecule has 0 heterocycles. The normalized spacial score (nSPS) is 12.7. The molecule has 1 rings (SSSR count). The van der Waals surface area contributed by atoms with E-state index in [1.165, 1.54) is 5.56 Å². The van der Waals surface area contributed by atoms with Crippen LogP contribution in [0.1, 0.15) is 18.9 Å². The van der Waals surface area contributed by atoms with Crippen LogP contribution in [0.25, 0.3) is 0 Å². The van der Waals surface area contributed by atoms with Gasteiger partial charge in [-0.1, -0.05) is 43.7 Å². The Morgan fingerprint density at radius 1 is 1.27 bits per heavy atom. The third-order valence-electron chi connectivity index (χ3n) is 2.78. The van der Waals surface area contributed by atoms with Crippen molar-refractivity contribution in [1.29, 1.82) is 0 Å². The molecule has 0 amide bonds. The van der Waals surface area contributed by atoms with Gasteiger partial charge in [-0.05, 0) is 37.5 Å². The molecular formula is C13H22N2. The maximum atomic E-state index is 5.64. The maximum Gasteiger partial charge on any atom is -0.000823 e. The van der Waals surface area contributed by atoms with Crippen molar-refractivity contribution in [2.24, 2.45) is 11.7 Å². The molecule has 0 aliphatic heterocycles. The zero-order valence-corrected chi connectivity index (χ0v) is 9.58. The maximum absolute atomic E-state index is 5.64. The molecule has 0 fully saturated rings. The van der Waals surface area contributed by atoms with Gasteiger partial charge in [-0.25, -0.2) is 0 Å². The van der Waals surface area contributed by atoms with Crippen LogP contribution in [0.4, 0.5) is 0 Å². The van der Waals surface area contributed by atoms with Crippen molar-refractivity contribution < 1.29 is 0 Å². The lowest BCUT2D eigenvalue weighted by molar-refractivity contribution is 0.474. The smallest absolute Gasteiger partial charge is 0.000823 e. The molecule has 0 spiro atoms. The lowest BCUT2D eigenvalue weighted by Gasteiger charge is -2.12. The number of nitrogens with one attached hydrogen (secondary N) is 1. The predicted octanol–water partition coefficient (Wildman–Crippen LogP) is 1.80. The lowest BCUT2D eigenvalue weighted by Crippen LogP contribution is -2.29. The molecule has 0 aliphatic rings. The second-order valence-corrected chi connectivity index (χ2v) is 3.95. The summed E-state index contributed by atoms with van der Waals surface area (Å²) in [7, 11) is 0. The molecule has 0 aliphatic carbocycles. The summed E-state index contributed by atoms with van der Waals surface area (Å²) in [6.07, 6.45) is 2.26. The van der Waals surface area contributed by atoms with Crippen LogP contribution in [0.15, 0.2) is 30.3 Å². The first kappa shape index (κ1) is 12.2. The number of hydrogen-bond donors (Lipinski definition) is 2. The fraction of sp³-hybridized carbons (Fsp3) is 0.538. The van der Waals surface area contributed by atoms with Crippen molar-refractivity contribution in [3.63, 3.8) is 0 Å². The van der Waals surface area contributed by atoms with Crippen LogP contribution in [0.5, 0.6) is 0 Å². The van der Waals surface area contributed by atoms with Crippen LogP contribution < -0.4 is 11.1 Å². The standard InChI is InChI=1S/C13H22N2/c1-2-12(10-14)11-15-9-8-13-6-4-3-5-7-13/h3-7,12,15H,2,8-11,14H2,1H3. The molecule has 1 aromatic carbocycles. The van der Waals surface area contributed by atoms with Gasteiger partial charge in [0.2, 0.25) is 0 Å². The molecule has 2 heteroatoms. The Labute approximate surface area is 92.9 Å². The molecule has 84 valence electrons. The van der Waals surface area contributed by atoms with Crippen LogP contribution in [0.2, 0.25) is 0 Å². The Kier molecular flexibility index (Phi) is 6.05. The monoisotopic (exact) mass is 206 g/mol. The highest BCUT2D eigenvalue weighted by molar-refractivity contribution is 5.14. The van der Waals surface area contributed by atoms with E-state index >= 15 is 0 Å². The summed E-state index contributed by atoms with van der Waals surface area (Å²) in [5, 5.41) is 3.46. The minimum absolute atomic E-state index is 0.626. The Morgan fingerprint density at radius 2 is 2.00 bits per heavy atom. The van der Waals surface area contributed by atoms with Crippen molar-refractivity contribution in [2.75, 3.05) is 19.6 Å². The summed E-state index contributed by atoms with van der Waals surface area (Å²) in [6, 6.07) is 10.6. The van der Waals surface area contributed by atoms with Crippen molar-refractivity contribution in [3.05, 3.63) is 35.9 Å². The Bertz CT molecular complexity index is 242. The predicted molar refractivity (Wildman–Crippen MR) is 65.9 cm³/mol. The van der Waals surface area contributed by atoms with Crippen molar-refractivity contribution in [3.8, 4) is 0 Å². The zero-order chi connectivity index (χ0) is 10.9. The summed E-state index contributed by atoms with van der Waals surface area (Å²) in [4.78, 5) is 0. The quantitative estimate of drug-likeness (QED) is 0.668. The largest absolute Gasteiger partial charge is 0.330 e. The molecule has 0 bridgehead atoms. The first-order valence-corrected chi connectivity index (χ1v) is 5.81. The average molecular weight is 206 g/mol. The van der Waals surface area contributed by atoms with Crippen molar-refractivity contribution in [1.82, 2.24) is 5.32 Å². The molecule has 0 radical (unpaired) electrons. The van der Waals surface area contributed by atoms with Gasteiger partial charge < -0.3 is 11.1 Å². The molecule has 0 aromatic heterocycles. The first-order chi connectivity index (χ1) is 7.36.